The van der Waals surface area contributed by atoms with E-state index in [0.717, 1.165) is 12.1 Å². The number of halogens is 5. The van der Waals surface area contributed by atoms with Crippen LogP contribution in [0.4, 0.5) is 18.9 Å². The monoisotopic (exact) mass is 331 g/mol. The Kier molecular flexibility index (Phi) is 4.82. The molecule has 0 spiro atoms. The molecule has 108 valence electrons. The topological polar surface area (TPSA) is 35.2 Å². The lowest BCUT2D eigenvalue weighted by Gasteiger charge is -2.28. The molecule has 0 saturated heterocycles. The molecule has 0 saturated carbocycles. The van der Waals surface area contributed by atoms with Crippen molar-refractivity contribution in [1.29, 1.82) is 0 Å². The minimum absolute atomic E-state index is 0.0177. The van der Waals surface area contributed by atoms with Gasteiger partial charge in [-0.2, -0.15) is 13.2 Å². The standard InChI is InChI=1S/C11H14Cl2F3NOSi/c1-19(2,3)18-10(11(14,15)16)6-4-7(12)9(17)8(13)5-6/h4-5,10H,17H2,1-3H3/t10-/m1/s1. The van der Waals surface area contributed by atoms with Crippen molar-refractivity contribution in [2.45, 2.75) is 31.9 Å². The fourth-order valence-corrected chi connectivity index (χ4v) is 2.91. The molecule has 1 aromatic rings. The van der Waals surface area contributed by atoms with Gasteiger partial charge in [0.1, 0.15) is 0 Å². The van der Waals surface area contributed by atoms with Gasteiger partial charge in [-0.1, -0.05) is 23.2 Å². The predicted octanol–water partition coefficient (Wildman–Crippen LogP) is 5.03. The Hall–Kier alpha value is -0.433. The maximum absolute atomic E-state index is 13.1. The Bertz CT molecular complexity index is 451. The molecular weight excluding hydrogens is 318 g/mol. The lowest BCUT2D eigenvalue weighted by molar-refractivity contribution is -0.200. The molecule has 0 aliphatic rings. The first kappa shape index (κ1) is 16.6. The number of nitrogen functional groups attached to an aromatic ring is 1. The zero-order valence-electron chi connectivity index (χ0n) is 10.6. The van der Waals surface area contributed by atoms with Crippen molar-refractivity contribution in [3.05, 3.63) is 27.7 Å². The number of nitrogens with two attached hydrogens (primary N) is 1. The average Bonchev–Trinajstić information content (AvgIpc) is 2.19. The number of hydrogen-bond acceptors (Lipinski definition) is 2. The van der Waals surface area contributed by atoms with Crippen LogP contribution in [0.1, 0.15) is 11.7 Å². The van der Waals surface area contributed by atoms with Crippen LogP contribution in [0.3, 0.4) is 0 Å². The van der Waals surface area contributed by atoms with E-state index in [1.807, 2.05) is 0 Å². The van der Waals surface area contributed by atoms with Crippen LogP contribution in [0.2, 0.25) is 29.7 Å². The van der Waals surface area contributed by atoms with E-state index < -0.39 is 20.6 Å². The largest absolute Gasteiger partial charge is 0.417 e. The summed E-state index contributed by atoms with van der Waals surface area (Å²) in [5.74, 6) is 0. The van der Waals surface area contributed by atoms with Gasteiger partial charge in [0.15, 0.2) is 14.4 Å². The predicted molar refractivity (Wildman–Crippen MR) is 74.1 cm³/mol. The molecule has 0 heterocycles. The Morgan fingerprint density at radius 1 is 1.16 bits per heavy atom. The second-order valence-corrected chi connectivity index (χ2v) is 10.3. The van der Waals surface area contributed by atoms with Gasteiger partial charge in [-0.05, 0) is 37.3 Å². The molecule has 8 heteroatoms. The molecule has 2 N–H and O–H groups in total. The van der Waals surface area contributed by atoms with Gasteiger partial charge in [0.2, 0.25) is 0 Å². The molecule has 19 heavy (non-hydrogen) atoms. The Morgan fingerprint density at radius 3 is 1.89 bits per heavy atom. The number of hydrogen-bond donors (Lipinski definition) is 1. The fourth-order valence-electron chi connectivity index (χ4n) is 1.43. The summed E-state index contributed by atoms with van der Waals surface area (Å²) in [4.78, 5) is 0. The minimum atomic E-state index is -4.54. The smallest absolute Gasteiger partial charge is 0.403 e. The van der Waals surface area contributed by atoms with E-state index in [4.69, 9.17) is 33.4 Å². The van der Waals surface area contributed by atoms with Crippen LogP contribution in [0.5, 0.6) is 0 Å². The van der Waals surface area contributed by atoms with Gasteiger partial charge in [-0.3, -0.25) is 0 Å². The molecule has 0 aromatic heterocycles. The quantitative estimate of drug-likeness (QED) is 0.622. The van der Waals surface area contributed by atoms with Crippen molar-refractivity contribution in [3.8, 4) is 0 Å². The summed E-state index contributed by atoms with van der Waals surface area (Å²) in [6, 6.07) is 2.28. The van der Waals surface area contributed by atoms with Crippen LogP contribution in [0.15, 0.2) is 12.1 Å². The molecule has 0 radical (unpaired) electrons. The van der Waals surface area contributed by atoms with Gasteiger partial charge < -0.3 is 10.2 Å². The van der Waals surface area contributed by atoms with E-state index in [1.165, 1.54) is 0 Å². The Balaban J connectivity index is 3.26. The summed E-state index contributed by atoms with van der Waals surface area (Å²) >= 11 is 11.5. The lowest BCUT2D eigenvalue weighted by atomic mass is 10.1. The number of rotatable bonds is 3. The van der Waals surface area contributed by atoms with E-state index in [0.29, 0.717) is 0 Å². The zero-order valence-corrected chi connectivity index (χ0v) is 13.1. The van der Waals surface area contributed by atoms with E-state index in [1.54, 1.807) is 19.6 Å². The van der Waals surface area contributed by atoms with Crippen LogP contribution in [0, 0.1) is 0 Å². The van der Waals surface area contributed by atoms with Crippen molar-refractivity contribution < 1.29 is 17.6 Å². The highest BCUT2D eigenvalue weighted by molar-refractivity contribution is 6.69. The second-order valence-electron chi connectivity index (χ2n) is 5.05. The SMILES string of the molecule is C[Si](C)(C)O[C@H](c1cc(Cl)c(N)c(Cl)c1)C(F)(F)F. The normalized spacial score (nSPS) is 14.5. The Morgan fingerprint density at radius 2 is 1.58 bits per heavy atom. The van der Waals surface area contributed by atoms with Crippen molar-refractivity contribution in [2.24, 2.45) is 0 Å². The second kappa shape index (κ2) is 5.52. The van der Waals surface area contributed by atoms with Gasteiger partial charge in [0, 0.05) is 0 Å². The summed E-state index contributed by atoms with van der Waals surface area (Å²) < 4.78 is 44.4. The van der Waals surface area contributed by atoms with Gasteiger partial charge in [0.05, 0.1) is 15.7 Å². The summed E-state index contributed by atoms with van der Waals surface area (Å²) in [5.41, 5.74) is 5.43. The molecule has 0 aliphatic carbocycles. The van der Waals surface area contributed by atoms with Crippen LogP contribution in [0.25, 0.3) is 0 Å². The van der Waals surface area contributed by atoms with E-state index in [9.17, 15) is 13.2 Å². The first-order valence-corrected chi connectivity index (χ1v) is 9.57. The summed E-state index contributed by atoms with van der Waals surface area (Å²) in [6.07, 6.45) is -6.59. The lowest BCUT2D eigenvalue weighted by Crippen LogP contribution is -2.35. The molecule has 1 atom stereocenters. The third-order valence-corrected chi connectivity index (χ3v) is 3.74. The summed E-state index contributed by atoms with van der Waals surface area (Å²) in [7, 11) is -2.40. The molecule has 0 amide bonds. The van der Waals surface area contributed by atoms with Crippen molar-refractivity contribution in [3.63, 3.8) is 0 Å². The number of benzene rings is 1. The molecular formula is C11H14Cl2F3NOSi. The van der Waals surface area contributed by atoms with Crippen molar-refractivity contribution in [1.82, 2.24) is 0 Å². The van der Waals surface area contributed by atoms with E-state index in [-0.39, 0.29) is 21.3 Å². The van der Waals surface area contributed by atoms with Crippen molar-refractivity contribution in [2.75, 3.05) is 5.73 Å². The molecule has 1 rings (SSSR count). The first-order valence-electron chi connectivity index (χ1n) is 5.41. The van der Waals surface area contributed by atoms with Gasteiger partial charge >= 0.3 is 6.18 Å². The van der Waals surface area contributed by atoms with Crippen LogP contribution < -0.4 is 5.73 Å². The summed E-state index contributed by atoms with van der Waals surface area (Å²) in [6.45, 7) is 5.02. The fraction of sp³-hybridized carbons (Fsp3) is 0.455. The minimum Gasteiger partial charge on any atom is -0.403 e. The zero-order chi connectivity index (χ0) is 15.0. The van der Waals surface area contributed by atoms with Crippen molar-refractivity contribution >= 4 is 37.2 Å². The van der Waals surface area contributed by atoms with E-state index >= 15 is 0 Å². The van der Waals surface area contributed by atoms with E-state index in [2.05, 4.69) is 0 Å². The first-order chi connectivity index (χ1) is 8.42. The highest BCUT2D eigenvalue weighted by Gasteiger charge is 2.44. The molecule has 0 bridgehead atoms. The molecule has 0 fully saturated rings. The molecule has 2 nitrogen and oxygen atoms in total. The highest BCUT2D eigenvalue weighted by atomic mass is 35.5. The van der Waals surface area contributed by atoms with Gasteiger partial charge in [-0.25, -0.2) is 0 Å². The average molecular weight is 332 g/mol. The Labute approximate surface area is 120 Å². The molecule has 0 aliphatic heterocycles. The molecule has 1 aromatic carbocycles. The maximum Gasteiger partial charge on any atom is 0.417 e. The van der Waals surface area contributed by atoms with Crippen LogP contribution in [-0.4, -0.2) is 14.5 Å². The van der Waals surface area contributed by atoms with Crippen LogP contribution in [-0.2, 0) is 4.43 Å². The van der Waals surface area contributed by atoms with Crippen LogP contribution >= 0.6 is 23.2 Å². The molecule has 0 unspecified atom stereocenters. The van der Waals surface area contributed by atoms with Gasteiger partial charge in [0.25, 0.3) is 0 Å². The summed E-state index contributed by atoms with van der Waals surface area (Å²) in [5, 5.41) is -0.0353. The van der Waals surface area contributed by atoms with Gasteiger partial charge in [-0.15, -0.1) is 0 Å². The number of anilines is 1. The highest BCUT2D eigenvalue weighted by Crippen LogP contribution is 2.41. The third-order valence-electron chi connectivity index (χ3n) is 2.17. The number of alkyl halides is 3. The maximum atomic E-state index is 13.1. The third kappa shape index (κ3) is 4.56.